The van der Waals surface area contributed by atoms with E-state index in [0.29, 0.717) is 0 Å². The first-order valence-corrected chi connectivity index (χ1v) is 10.7. The molecule has 2 N–H and O–H groups in total. The molecule has 3 rings (SSSR count). The van der Waals surface area contributed by atoms with E-state index in [4.69, 9.17) is 9.47 Å². The van der Waals surface area contributed by atoms with Crippen LogP contribution in [0.1, 0.15) is 31.9 Å². The molecule has 0 bridgehead atoms. The van der Waals surface area contributed by atoms with Crippen LogP contribution in [-0.2, 0) is 27.3 Å². The maximum Gasteiger partial charge on any atom is 0.408 e. The number of aromatic amines is 1. The van der Waals surface area contributed by atoms with E-state index in [0.717, 1.165) is 25.6 Å². The van der Waals surface area contributed by atoms with Crippen molar-refractivity contribution in [2.24, 2.45) is 0 Å². The van der Waals surface area contributed by atoms with Gasteiger partial charge in [-0.05, 0) is 66.6 Å². The van der Waals surface area contributed by atoms with Crippen LogP contribution < -0.4 is 5.32 Å². The third-order valence-electron chi connectivity index (χ3n) is 4.35. The van der Waals surface area contributed by atoms with Crippen LogP contribution in [0.25, 0.3) is 10.9 Å². The number of benzene rings is 2. The minimum atomic E-state index is -0.870. The van der Waals surface area contributed by atoms with Crippen LogP contribution >= 0.6 is 22.6 Å². The van der Waals surface area contributed by atoms with Crippen LogP contribution in [0.4, 0.5) is 4.79 Å². The first-order chi connectivity index (χ1) is 14.2. The number of alkyl carbamates (subject to hydrolysis) is 1. The molecule has 6 nitrogen and oxygen atoms in total. The molecule has 158 valence electrons. The number of carbonyl (C=O) groups is 2. The normalized spacial score (nSPS) is 12.4. The summed E-state index contributed by atoms with van der Waals surface area (Å²) >= 11 is 2.25. The van der Waals surface area contributed by atoms with Gasteiger partial charge in [0.15, 0.2) is 0 Å². The van der Waals surface area contributed by atoms with Crippen molar-refractivity contribution in [1.82, 2.24) is 10.3 Å². The fourth-order valence-corrected chi connectivity index (χ4v) is 3.51. The van der Waals surface area contributed by atoms with Crippen molar-refractivity contribution in [3.63, 3.8) is 0 Å². The summed E-state index contributed by atoms with van der Waals surface area (Å²) < 4.78 is 11.9. The zero-order valence-electron chi connectivity index (χ0n) is 17.2. The standard InChI is InChI=1S/C23H25IN2O4/c1-23(2,3)30-21(27)20(26-22(28)29-14-15-7-5-4-6-8-15)11-16-13-25-19-12-17(24)9-10-18(16)19/h4-10,12-13,20,25H,11,14H2,1-3H3,(H,26,28)/t20-/m1/s1. The highest BCUT2D eigenvalue weighted by Crippen LogP contribution is 2.22. The van der Waals surface area contributed by atoms with Crippen LogP contribution in [-0.4, -0.2) is 28.7 Å². The van der Waals surface area contributed by atoms with E-state index in [1.165, 1.54) is 0 Å². The second kappa shape index (κ2) is 9.51. The van der Waals surface area contributed by atoms with Gasteiger partial charge in [-0.15, -0.1) is 0 Å². The molecule has 1 amide bonds. The van der Waals surface area contributed by atoms with Gasteiger partial charge in [-0.25, -0.2) is 9.59 Å². The maximum absolute atomic E-state index is 12.8. The number of esters is 1. The van der Waals surface area contributed by atoms with E-state index in [-0.39, 0.29) is 13.0 Å². The van der Waals surface area contributed by atoms with Gasteiger partial charge in [0.2, 0.25) is 0 Å². The van der Waals surface area contributed by atoms with Crippen LogP contribution in [0.2, 0.25) is 0 Å². The lowest BCUT2D eigenvalue weighted by atomic mass is 10.0. The lowest BCUT2D eigenvalue weighted by molar-refractivity contribution is -0.157. The zero-order chi connectivity index (χ0) is 21.7. The third-order valence-corrected chi connectivity index (χ3v) is 5.02. The Hall–Kier alpha value is -2.55. The van der Waals surface area contributed by atoms with E-state index in [1.54, 1.807) is 20.8 Å². The molecule has 2 aromatic carbocycles. The third kappa shape index (κ3) is 6.22. The van der Waals surface area contributed by atoms with Crippen LogP contribution in [0.15, 0.2) is 54.7 Å². The molecule has 0 aliphatic rings. The molecule has 0 aliphatic carbocycles. The van der Waals surface area contributed by atoms with Gasteiger partial charge in [-0.3, -0.25) is 0 Å². The van der Waals surface area contributed by atoms with Crippen molar-refractivity contribution in [3.05, 3.63) is 69.4 Å². The SMILES string of the molecule is CC(C)(C)OC(=O)[C@@H](Cc1c[nH]c2cc(I)ccc12)NC(=O)OCc1ccccc1. The summed E-state index contributed by atoms with van der Waals surface area (Å²) in [6, 6.07) is 14.5. The smallest absolute Gasteiger partial charge is 0.408 e. The Balaban J connectivity index is 1.74. The number of aromatic nitrogens is 1. The van der Waals surface area contributed by atoms with Crippen LogP contribution in [0.5, 0.6) is 0 Å². The van der Waals surface area contributed by atoms with Gasteiger partial charge in [0.1, 0.15) is 18.2 Å². The van der Waals surface area contributed by atoms with Gasteiger partial charge >= 0.3 is 12.1 Å². The first-order valence-electron chi connectivity index (χ1n) is 9.67. The number of amides is 1. The number of rotatable bonds is 6. The molecule has 0 saturated heterocycles. The summed E-state index contributed by atoms with van der Waals surface area (Å²) in [6.07, 6.45) is 1.48. The lowest BCUT2D eigenvalue weighted by Gasteiger charge is -2.24. The summed E-state index contributed by atoms with van der Waals surface area (Å²) in [6.45, 7) is 5.51. The lowest BCUT2D eigenvalue weighted by Crippen LogP contribution is -2.45. The minimum absolute atomic E-state index is 0.124. The predicted octanol–water partition coefficient (Wildman–Crippen LogP) is 4.95. The van der Waals surface area contributed by atoms with Gasteiger partial charge in [0.25, 0.3) is 0 Å². The second-order valence-electron chi connectivity index (χ2n) is 8.00. The highest BCUT2D eigenvalue weighted by Gasteiger charge is 2.28. The molecule has 1 atom stereocenters. The Morgan fingerprint density at radius 3 is 2.57 bits per heavy atom. The topological polar surface area (TPSA) is 80.4 Å². The number of carbonyl (C=O) groups excluding carboxylic acids is 2. The quantitative estimate of drug-likeness (QED) is 0.356. The van der Waals surface area contributed by atoms with E-state index in [9.17, 15) is 9.59 Å². The number of ether oxygens (including phenoxy) is 2. The number of hydrogen-bond donors (Lipinski definition) is 2. The van der Waals surface area contributed by atoms with Crippen LogP contribution in [0.3, 0.4) is 0 Å². The maximum atomic E-state index is 12.8. The Morgan fingerprint density at radius 2 is 1.87 bits per heavy atom. The molecule has 0 unspecified atom stereocenters. The summed E-state index contributed by atoms with van der Waals surface area (Å²) in [4.78, 5) is 28.4. The Bertz CT molecular complexity index is 1020. The molecular formula is C23H25IN2O4. The van der Waals surface area contributed by atoms with Gasteiger partial charge in [0.05, 0.1) is 0 Å². The zero-order valence-corrected chi connectivity index (χ0v) is 19.4. The van der Waals surface area contributed by atoms with Crippen molar-refractivity contribution in [1.29, 1.82) is 0 Å². The predicted molar refractivity (Wildman–Crippen MR) is 124 cm³/mol. The van der Waals surface area contributed by atoms with E-state index >= 15 is 0 Å². The summed E-state index contributed by atoms with van der Waals surface area (Å²) in [5.41, 5.74) is 2.10. The highest BCUT2D eigenvalue weighted by molar-refractivity contribution is 14.1. The molecule has 3 aromatic rings. The monoisotopic (exact) mass is 520 g/mol. The largest absolute Gasteiger partial charge is 0.458 e. The van der Waals surface area contributed by atoms with E-state index in [1.807, 2.05) is 54.7 Å². The summed E-state index contributed by atoms with van der Waals surface area (Å²) in [7, 11) is 0. The van der Waals surface area contributed by atoms with Gasteiger partial charge in [0, 0.05) is 27.1 Å². The van der Waals surface area contributed by atoms with Crippen molar-refractivity contribution in [2.45, 2.75) is 45.4 Å². The second-order valence-corrected chi connectivity index (χ2v) is 9.25. The van der Waals surface area contributed by atoms with E-state index in [2.05, 4.69) is 32.9 Å². The molecule has 0 saturated carbocycles. The highest BCUT2D eigenvalue weighted by atomic mass is 127. The number of hydrogen-bond acceptors (Lipinski definition) is 4. The number of halogens is 1. The molecular weight excluding hydrogens is 495 g/mol. The fourth-order valence-electron chi connectivity index (χ4n) is 3.02. The average molecular weight is 520 g/mol. The number of nitrogens with one attached hydrogen (secondary N) is 2. The molecule has 1 heterocycles. The molecule has 30 heavy (non-hydrogen) atoms. The molecule has 0 fully saturated rings. The molecule has 1 aromatic heterocycles. The Labute approximate surface area is 189 Å². The summed E-state index contributed by atoms with van der Waals surface area (Å²) in [5.74, 6) is -0.501. The molecule has 0 aliphatic heterocycles. The summed E-state index contributed by atoms with van der Waals surface area (Å²) in [5, 5.41) is 3.68. The first kappa shape index (κ1) is 22.1. The van der Waals surface area contributed by atoms with Crippen molar-refractivity contribution < 1.29 is 19.1 Å². The number of fused-ring (bicyclic) bond motifs is 1. The average Bonchev–Trinajstić information content (AvgIpc) is 3.07. The van der Waals surface area contributed by atoms with Crippen molar-refractivity contribution >= 4 is 45.6 Å². The Kier molecular flexibility index (Phi) is 7.02. The Morgan fingerprint density at radius 1 is 1.13 bits per heavy atom. The van der Waals surface area contributed by atoms with Crippen molar-refractivity contribution in [2.75, 3.05) is 0 Å². The van der Waals surface area contributed by atoms with Crippen molar-refractivity contribution in [3.8, 4) is 0 Å². The fraction of sp³-hybridized carbons (Fsp3) is 0.304. The van der Waals surface area contributed by atoms with E-state index < -0.39 is 23.7 Å². The molecule has 0 spiro atoms. The van der Waals surface area contributed by atoms with Crippen LogP contribution in [0, 0.1) is 3.57 Å². The minimum Gasteiger partial charge on any atom is -0.458 e. The molecule has 0 radical (unpaired) electrons. The van der Waals surface area contributed by atoms with Gasteiger partial charge < -0.3 is 19.8 Å². The number of H-pyrrole nitrogens is 1. The van der Waals surface area contributed by atoms with Gasteiger partial charge in [-0.2, -0.15) is 0 Å². The molecule has 7 heteroatoms. The van der Waals surface area contributed by atoms with Gasteiger partial charge in [-0.1, -0.05) is 36.4 Å².